The monoisotopic (exact) mass is 338 g/mol. The van der Waals surface area contributed by atoms with Crippen molar-refractivity contribution in [3.63, 3.8) is 0 Å². The molecule has 0 unspecified atom stereocenters. The number of amides is 1. The maximum absolute atomic E-state index is 12.0. The highest BCUT2D eigenvalue weighted by Gasteiger charge is 2.48. The summed E-state index contributed by atoms with van der Waals surface area (Å²) in [5.41, 5.74) is 7.39. The molecule has 0 bridgehead atoms. The predicted octanol–water partition coefficient (Wildman–Crippen LogP) is 2.49. The maximum Gasteiger partial charge on any atom is 0.326 e. The van der Waals surface area contributed by atoms with E-state index < -0.39 is 17.3 Å². The molecule has 1 aliphatic rings. The smallest absolute Gasteiger partial charge is 0.326 e. The van der Waals surface area contributed by atoms with Crippen LogP contribution in [0.25, 0.3) is 11.1 Å². The lowest BCUT2D eigenvalue weighted by molar-refractivity contribution is -0.195. The van der Waals surface area contributed by atoms with Crippen molar-refractivity contribution >= 4 is 11.9 Å². The Labute approximate surface area is 146 Å². The Balaban J connectivity index is 1.62. The van der Waals surface area contributed by atoms with Crippen molar-refractivity contribution in [2.45, 2.75) is 12.8 Å². The molecule has 5 nitrogen and oxygen atoms in total. The van der Waals surface area contributed by atoms with Crippen molar-refractivity contribution < 1.29 is 19.1 Å². The van der Waals surface area contributed by atoms with Crippen molar-refractivity contribution in [1.29, 1.82) is 0 Å². The van der Waals surface area contributed by atoms with Crippen molar-refractivity contribution in [3.05, 3.63) is 66.6 Å². The Morgan fingerprint density at radius 2 is 1.76 bits per heavy atom. The van der Waals surface area contributed by atoms with Crippen LogP contribution >= 0.6 is 0 Å². The lowest BCUT2D eigenvalue weighted by Gasteiger charge is -2.31. The van der Waals surface area contributed by atoms with Gasteiger partial charge in [0.25, 0.3) is 0 Å². The molecule has 2 aromatic carbocycles. The van der Waals surface area contributed by atoms with Crippen LogP contribution in [0.4, 0.5) is 0 Å². The first-order valence-electron chi connectivity index (χ1n) is 8.13. The molecule has 1 aliphatic heterocycles. The fourth-order valence-electron chi connectivity index (χ4n) is 2.87. The number of esters is 1. The van der Waals surface area contributed by atoms with Gasteiger partial charge in [0, 0.05) is 0 Å². The van der Waals surface area contributed by atoms with E-state index in [9.17, 15) is 9.59 Å². The first-order valence-corrected chi connectivity index (χ1v) is 8.13. The minimum Gasteiger partial charge on any atom is -0.438 e. The number of hydrogen-bond acceptors (Lipinski definition) is 4. The molecule has 1 heterocycles. The van der Waals surface area contributed by atoms with Gasteiger partial charge in [-0.3, -0.25) is 9.59 Å². The van der Waals surface area contributed by atoms with Crippen LogP contribution in [0.15, 0.2) is 54.6 Å². The normalized spacial score (nSPS) is 20.1. The van der Waals surface area contributed by atoms with Crippen molar-refractivity contribution in [2.75, 3.05) is 13.4 Å². The zero-order chi connectivity index (χ0) is 17.7. The first-order chi connectivity index (χ1) is 12.1. The molecule has 0 spiro atoms. The van der Waals surface area contributed by atoms with E-state index in [4.69, 9.17) is 15.2 Å². The molecule has 5 heteroatoms. The summed E-state index contributed by atoms with van der Waals surface area (Å²) in [6.45, 7) is -0.167. The number of nitrogens with two attached hydrogens (primary N) is 1. The summed E-state index contributed by atoms with van der Waals surface area (Å²) in [6.07, 6.45) is 2.69. The predicted molar refractivity (Wildman–Crippen MR) is 93.0 cm³/mol. The highest BCUT2D eigenvalue weighted by Crippen LogP contribution is 2.30. The quantitative estimate of drug-likeness (QED) is 0.648. The molecule has 2 aromatic rings. The van der Waals surface area contributed by atoms with Crippen LogP contribution < -0.4 is 5.73 Å². The summed E-state index contributed by atoms with van der Waals surface area (Å²) in [5, 5.41) is 0. The molecule has 1 saturated heterocycles. The summed E-state index contributed by atoms with van der Waals surface area (Å²) >= 11 is 0. The molecule has 1 atom stereocenters. The second kappa shape index (κ2) is 7.49. The highest BCUT2D eigenvalue weighted by atomic mass is 16.7. The number of rotatable bonds is 6. The van der Waals surface area contributed by atoms with Crippen LogP contribution in [-0.2, 0) is 25.5 Å². The molecule has 1 amide bonds. The van der Waals surface area contributed by atoms with Gasteiger partial charge < -0.3 is 15.2 Å². The van der Waals surface area contributed by atoms with E-state index in [1.807, 2.05) is 36.8 Å². The van der Waals surface area contributed by atoms with Crippen molar-refractivity contribution in [3.8, 4) is 11.1 Å². The van der Waals surface area contributed by atoms with Gasteiger partial charge in [-0.1, -0.05) is 54.6 Å². The second-order valence-corrected chi connectivity index (χ2v) is 6.10. The first kappa shape index (κ1) is 17.2. The zero-order valence-corrected chi connectivity index (χ0v) is 13.8. The number of hydrogen-bond donors (Lipinski definition) is 1. The molecule has 3 rings (SSSR count). The van der Waals surface area contributed by atoms with Gasteiger partial charge in [0.2, 0.25) is 5.91 Å². The Kier molecular flexibility index (Phi) is 5.14. The Morgan fingerprint density at radius 3 is 2.40 bits per heavy atom. The SMILES string of the molecule is NC(=O)[C@@]1(C[CH]Cc2ccc(-c3ccccc3)cc2)COCOC1=O. The van der Waals surface area contributed by atoms with E-state index in [1.54, 1.807) is 0 Å². The molecule has 25 heavy (non-hydrogen) atoms. The summed E-state index contributed by atoms with van der Waals surface area (Å²) in [7, 11) is 0. The van der Waals surface area contributed by atoms with E-state index in [-0.39, 0.29) is 19.8 Å². The zero-order valence-electron chi connectivity index (χ0n) is 13.8. The Morgan fingerprint density at radius 1 is 1.08 bits per heavy atom. The van der Waals surface area contributed by atoms with Gasteiger partial charge in [-0.25, -0.2) is 0 Å². The van der Waals surface area contributed by atoms with Crippen LogP contribution in [-0.4, -0.2) is 25.3 Å². The lowest BCUT2D eigenvalue weighted by atomic mass is 9.81. The third kappa shape index (κ3) is 3.72. The van der Waals surface area contributed by atoms with Crippen LogP contribution in [0.5, 0.6) is 0 Å². The molecular weight excluding hydrogens is 318 g/mol. The fraction of sp³-hybridized carbons (Fsp3) is 0.250. The molecule has 0 aliphatic carbocycles. The van der Waals surface area contributed by atoms with Gasteiger partial charge in [0.15, 0.2) is 12.2 Å². The summed E-state index contributed by atoms with van der Waals surface area (Å²) in [4.78, 5) is 23.7. The Hall–Kier alpha value is -2.66. The van der Waals surface area contributed by atoms with E-state index >= 15 is 0 Å². The number of ether oxygens (including phenoxy) is 2. The van der Waals surface area contributed by atoms with Crippen LogP contribution in [0.3, 0.4) is 0 Å². The average molecular weight is 338 g/mol. The van der Waals surface area contributed by atoms with Crippen molar-refractivity contribution in [1.82, 2.24) is 0 Å². The molecule has 0 aromatic heterocycles. The number of cyclic esters (lactones) is 1. The number of benzene rings is 2. The maximum atomic E-state index is 12.0. The number of carbonyl (C=O) groups is 2. The standard InChI is InChI=1S/C20H20NO4/c21-18(22)20(13-24-14-25-19(20)23)12-4-5-15-8-10-17(11-9-15)16-6-2-1-3-7-16/h1-4,6-11H,5,12-14H2,(H2,21,22)/t20-/m1/s1. The second-order valence-electron chi connectivity index (χ2n) is 6.10. The molecular formula is C20H20NO4. The van der Waals surface area contributed by atoms with Crippen LogP contribution in [0.1, 0.15) is 12.0 Å². The van der Waals surface area contributed by atoms with Gasteiger partial charge in [-0.05, 0) is 36.0 Å². The van der Waals surface area contributed by atoms with E-state index in [1.165, 1.54) is 0 Å². The topological polar surface area (TPSA) is 78.6 Å². The van der Waals surface area contributed by atoms with Crippen LogP contribution in [0, 0.1) is 11.8 Å². The molecule has 2 N–H and O–H groups in total. The van der Waals surface area contributed by atoms with Gasteiger partial charge in [-0.2, -0.15) is 0 Å². The van der Waals surface area contributed by atoms with Crippen molar-refractivity contribution in [2.24, 2.45) is 11.1 Å². The third-order valence-corrected chi connectivity index (χ3v) is 4.42. The van der Waals surface area contributed by atoms with Crippen LogP contribution in [0.2, 0.25) is 0 Å². The largest absolute Gasteiger partial charge is 0.438 e. The number of carbonyl (C=O) groups excluding carboxylic acids is 2. The van der Waals surface area contributed by atoms with Gasteiger partial charge in [-0.15, -0.1) is 0 Å². The van der Waals surface area contributed by atoms with E-state index in [0.717, 1.165) is 16.7 Å². The molecule has 1 radical (unpaired) electrons. The third-order valence-electron chi connectivity index (χ3n) is 4.42. The fourth-order valence-corrected chi connectivity index (χ4v) is 2.87. The molecule has 0 saturated carbocycles. The number of primary amides is 1. The minimum absolute atomic E-state index is 0.0371. The summed E-state index contributed by atoms with van der Waals surface area (Å²) in [5.74, 6) is -1.32. The average Bonchev–Trinajstić information content (AvgIpc) is 2.64. The summed E-state index contributed by atoms with van der Waals surface area (Å²) in [6, 6.07) is 18.3. The van der Waals surface area contributed by atoms with E-state index in [0.29, 0.717) is 6.42 Å². The van der Waals surface area contributed by atoms with Gasteiger partial charge in [0.1, 0.15) is 0 Å². The minimum atomic E-state index is -1.41. The summed E-state index contributed by atoms with van der Waals surface area (Å²) < 4.78 is 9.96. The Bertz CT molecular complexity index is 742. The highest BCUT2D eigenvalue weighted by molar-refractivity contribution is 6.02. The molecule has 1 fully saturated rings. The van der Waals surface area contributed by atoms with Gasteiger partial charge in [0.05, 0.1) is 6.61 Å². The van der Waals surface area contributed by atoms with Gasteiger partial charge >= 0.3 is 5.97 Å². The molecule has 129 valence electrons. The lowest BCUT2D eigenvalue weighted by Crippen LogP contribution is -2.51. The van der Waals surface area contributed by atoms with E-state index in [2.05, 4.69) is 24.3 Å².